The molecule has 6 heteroatoms. The molecule has 1 unspecified atom stereocenters. The molecular weight excluding hydrogens is 415 g/mol. The molecule has 1 rings (SSSR count). The summed E-state index contributed by atoms with van der Waals surface area (Å²) in [6.45, 7) is 10.0. The Hall–Kier alpha value is -1.02. The van der Waals surface area contributed by atoms with E-state index in [4.69, 9.17) is 9.73 Å². The Morgan fingerprint density at radius 3 is 2.21 bits per heavy atom. The minimum absolute atomic E-state index is 0. The van der Waals surface area contributed by atoms with Gasteiger partial charge in [-0.3, -0.25) is 4.99 Å². The lowest BCUT2D eigenvalue weighted by atomic mass is 10.1. The van der Waals surface area contributed by atoms with E-state index in [1.807, 2.05) is 12.1 Å². The minimum atomic E-state index is -0.0191. The van der Waals surface area contributed by atoms with Gasteiger partial charge in [-0.15, -0.1) is 24.0 Å². The third kappa shape index (κ3) is 8.19. The molecule has 5 nitrogen and oxygen atoms in total. The van der Waals surface area contributed by atoms with E-state index in [0.29, 0.717) is 6.54 Å². The fraction of sp³-hybridized carbons (Fsp3) is 0.611. The molecule has 0 spiro atoms. The first-order valence-corrected chi connectivity index (χ1v) is 8.13. The molecule has 1 atom stereocenters. The molecule has 0 aromatic heterocycles. The molecule has 0 radical (unpaired) electrons. The van der Waals surface area contributed by atoms with Crippen LogP contribution in [0.2, 0.25) is 0 Å². The van der Waals surface area contributed by atoms with E-state index < -0.39 is 0 Å². The van der Waals surface area contributed by atoms with Crippen molar-refractivity contribution in [1.29, 1.82) is 0 Å². The highest BCUT2D eigenvalue weighted by atomic mass is 127. The summed E-state index contributed by atoms with van der Waals surface area (Å²) < 4.78 is 5.23. The zero-order valence-corrected chi connectivity index (χ0v) is 18.3. The highest BCUT2D eigenvalue weighted by Crippen LogP contribution is 2.21. The Morgan fingerprint density at radius 1 is 1.21 bits per heavy atom. The average Bonchev–Trinajstić information content (AvgIpc) is 2.46. The lowest BCUT2D eigenvalue weighted by Crippen LogP contribution is -2.47. The van der Waals surface area contributed by atoms with Gasteiger partial charge in [-0.25, -0.2) is 0 Å². The maximum atomic E-state index is 5.23. The molecule has 2 N–H and O–H groups in total. The van der Waals surface area contributed by atoms with Gasteiger partial charge in [-0.05, 0) is 59.5 Å². The van der Waals surface area contributed by atoms with Gasteiger partial charge in [0.15, 0.2) is 5.96 Å². The van der Waals surface area contributed by atoms with Gasteiger partial charge in [0.1, 0.15) is 5.75 Å². The second-order valence-electron chi connectivity index (χ2n) is 6.85. The van der Waals surface area contributed by atoms with E-state index in [2.05, 4.69) is 69.5 Å². The number of aliphatic imine (C=N–C) groups is 1. The van der Waals surface area contributed by atoms with Crippen LogP contribution in [0.3, 0.4) is 0 Å². The first kappa shape index (κ1) is 23.0. The summed E-state index contributed by atoms with van der Waals surface area (Å²) >= 11 is 0. The largest absolute Gasteiger partial charge is 0.497 e. The SMILES string of the molecule is CCNC(=NCC(c1ccc(OC)cc1)N(C)C)NC(C)(C)C.I. The highest BCUT2D eigenvalue weighted by Gasteiger charge is 2.16. The number of nitrogens with zero attached hydrogens (tertiary/aromatic N) is 2. The summed E-state index contributed by atoms with van der Waals surface area (Å²) in [5.74, 6) is 1.72. The van der Waals surface area contributed by atoms with Crippen molar-refractivity contribution in [3.8, 4) is 5.75 Å². The molecule has 0 aliphatic heterocycles. The molecule has 0 bridgehead atoms. The van der Waals surface area contributed by atoms with E-state index >= 15 is 0 Å². The molecule has 0 aliphatic carbocycles. The molecule has 0 saturated heterocycles. The van der Waals surface area contributed by atoms with Gasteiger partial charge in [0, 0.05) is 12.1 Å². The van der Waals surface area contributed by atoms with Crippen LogP contribution in [0.15, 0.2) is 29.3 Å². The number of methoxy groups -OCH3 is 1. The maximum absolute atomic E-state index is 5.23. The topological polar surface area (TPSA) is 48.9 Å². The molecule has 0 fully saturated rings. The van der Waals surface area contributed by atoms with Crippen molar-refractivity contribution in [1.82, 2.24) is 15.5 Å². The quantitative estimate of drug-likeness (QED) is 0.399. The number of hydrogen-bond donors (Lipinski definition) is 2. The van der Waals surface area contributed by atoms with E-state index in [-0.39, 0.29) is 35.6 Å². The Morgan fingerprint density at radius 2 is 1.79 bits per heavy atom. The smallest absolute Gasteiger partial charge is 0.191 e. The summed E-state index contributed by atoms with van der Waals surface area (Å²) in [7, 11) is 5.84. The monoisotopic (exact) mass is 448 g/mol. The number of ether oxygens (including phenoxy) is 1. The third-order valence-corrected chi connectivity index (χ3v) is 3.38. The van der Waals surface area contributed by atoms with Crippen molar-refractivity contribution in [2.45, 2.75) is 39.3 Å². The van der Waals surface area contributed by atoms with Gasteiger partial charge in [-0.1, -0.05) is 12.1 Å². The number of hydrogen-bond acceptors (Lipinski definition) is 3. The summed E-state index contributed by atoms with van der Waals surface area (Å²) in [5, 5.41) is 6.73. The van der Waals surface area contributed by atoms with Crippen LogP contribution in [-0.4, -0.2) is 50.7 Å². The van der Waals surface area contributed by atoms with Crippen LogP contribution in [0, 0.1) is 0 Å². The summed E-state index contributed by atoms with van der Waals surface area (Å²) in [4.78, 5) is 6.95. The Bertz CT molecular complexity index is 495. The number of guanidine groups is 1. The van der Waals surface area contributed by atoms with Crippen molar-refractivity contribution < 1.29 is 4.74 Å². The van der Waals surface area contributed by atoms with Gasteiger partial charge in [0.25, 0.3) is 0 Å². The van der Waals surface area contributed by atoms with Crippen LogP contribution in [0.4, 0.5) is 0 Å². The number of rotatable bonds is 6. The standard InChI is InChI=1S/C18H32N4O.HI/c1-8-19-17(21-18(2,3)4)20-13-16(22(5)6)14-9-11-15(23-7)12-10-14;/h9-12,16H,8,13H2,1-7H3,(H2,19,20,21);1H. The molecule has 1 aromatic rings. The second kappa shape index (κ2) is 10.8. The van der Waals surface area contributed by atoms with Gasteiger partial charge >= 0.3 is 0 Å². The average molecular weight is 448 g/mol. The molecule has 0 heterocycles. The van der Waals surface area contributed by atoms with Crippen LogP contribution in [-0.2, 0) is 0 Å². The molecule has 1 aromatic carbocycles. The third-order valence-electron chi connectivity index (χ3n) is 3.38. The van der Waals surface area contributed by atoms with Crippen LogP contribution in [0.1, 0.15) is 39.3 Å². The van der Waals surface area contributed by atoms with Crippen molar-refractivity contribution in [2.24, 2.45) is 4.99 Å². The number of nitrogens with one attached hydrogen (secondary N) is 2. The first-order valence-electron chi connectivity index (χ1n) is 8.13. The fourth-order valence-corrected chi connectivity index (χ4v) is 2.23. The van der Waals surface area contributed by atoms with Gasteiger partial charge < -0.3 is 20.3 Å². The summed E-state index contributed by atoms with van der Waals surface area (Å²) in [6, 6.07) is 8.41. The van der Waals surface area contributed by atoms with Gasteiger partial charge in [0.2, 0.25) is 0 Å². The predicted molar refractivity (Wildman–Crippen MR) is 114 cm³/mol. The van der Waals surface area contributed by atoms with Crippen LogP contribution in [0.25, 0.3) is 0 Å². The fourth-order valence-electron chi connectivity index (χ4n) is 2.23. The second-order valence-corrected chi connectivity index (χ2v) is 6.85. The van der Waals surface area contributed by atoms with E-state index in [1.165, 1.54) is 5.56 Å². The van der Waals surface area contributed by atoms with Crippen molar-refractivity contribution >= 4 is 29.9 Å². The molecule has 138 valence electrons. The van der Waals surface area contributed by atoms with E-state index in [1.54, 1.807) is 7.11 Å². The van der Waals surface area contributed by atoms with E-state index in [0.717, 1.165) is 18.3 Å². The van der Waals surface area contributed by atoms with Gasteiger partial charge in [0.05, 0.1) is 19.7 Å². The van der Waals surface area contributed by atoms with Crippen molar-refractivity contribution in [2.75, 3.05) is 34.3 Å². The lowest BCUT2D eigenvalue weighted by Gasteiger charge is -2.26. The summed E-state index contributed by atoms with van der Waals surface area (Å²) in [5.41, 5.74) is 1.21. The molecule has 24 heavy (non-hydrogen) atoms. The Balaban J connectivity index is 0.00000529. The maximum Gasteiger partial charge on any atom is 0.191 e. The molecule has 0 amide bonds. The minimum Gasteiger partial charge on any atom is -0.497 e. The van der Waals surface area contributed by atoms with Crippen LogP contribution < -0.4 is 15.4 Å². The van der Waals surface area contributed by atoms with E-state index in [9.17, 15) is 0 Å². The zero-order valence-electron chi connectivity index (χ0n) is 16.0. The van der Waals surface area contributed by atoms with Crippen LogP contribution >= 0.6 is 24.0 Å². The predicted octanol–water partition coefficient (Wildman–Crippen LogP) is 3.27. The molecular formula is C18H33IN4O. The van der Waals surface area contributed by atoms with Gasteiger partial charge in [-0.2, -0.15) is 0 Å². The molecule has 0 saturated carbocycles. The first-order chi connectivity index (χ1) is 10.8. The Kier molecular flexibility index (Phi) is 10.3. The van der Waals surface area contributed by atoms with Crippen LogP contribution in [0.5, 0.6) is 5.75 Å². The zero-order chi connectivity index (χ0) is 17.5. The Labute approximate surface area is 164 Å². The summed E-state index contributed by atoms with van der Waals surface area (Å²) in [6.07, 6.45) is 0. The number of likely N-dealkylation sites (N-methyl/N-ethyl adjacent to an activating group) is 1. The number of benzene rings is 1. The number of halogens is 1. The highest BCUT2D eigenvalue weighted by molar-refractivity contribution is 14.0. The van der Waals surface area contributed by atoms with Crippen molar-refractivity contribution in [3.05, 3.63) is 29.8 Å². The van der Waals surface area contributed by atoms with Crippen molar-refractivity contribution in [3.63, 3.8) is 0 Å². The molecule has 0 aliphatic rings. The lowest BCUT2D eigenvalue weighted by molar-refractivity contribution is 0.305. The normalized spacial score (nSPS) is 13.2.